The van der Waals surface area contributed by atoms with Crippen LogP contribution in [0.2, 0.25) is 0 Å². The van der Waals surface area contributed by atoms with Crippen molar-refractivity contribution in [2.75, 3.05) is 5.73 Å². The maximum absolute atomic E-state index is 8.78. The highest BCUT2D eigenvalue weighted by atomic mass is 16.2. The number of hydrogen-bond acceptors (Lipinski definition) is 4. The molecule has 1 aliphatic rings. The molecule has 1 aliphatic carbocycles. The number of aryl methyl sites for hydroxylation is 2. The van der Waals surface area contributed by atoms with Crippen molar-refractivity contribution in [2.24, 2.45) is 0 Å². The third kappa shape index (κ3) is 1.63. The number of aromatic nitrogens is 3. The summed E-state index contributed by atoms with van der Waals surface area (Å²) in [6, 6.07) is 0. The van der Waals surface area contributed by atoms with Gasteiger partial charge in [-0.05, 0) is 37.3 Å². The molecule has 0 saturated heterocycles. The lowest BCUT2D eigenvalue weighted by atomic mass is 9.95. The third-order valence-corrected chi connectivity index (χ3v) is 3.47. The standard InChI is InChI=1S/C13H16N4O/c14-13-11-12(17(8-15-11)6-3-7-18)9-4-1-2-5-10(9)16-13/h3,7-8,18H,1-2,4-6H2,(H2,14,16). The van der Waals surface area contributed by atoms with E-state index in [1.54, 1.807) is 12.4 Å². The number of aliphatic hydroxyl groups is 1. The van der Waals surface area contributed by atoms with Gasteiger partial charge in [0, 0.05) is 12.2 Å². The molecule has 2 heterocycles. The minimum Gasteiger partial charge on any atom is -0.516 e. The summed E-state index contributed by atoms with van der Waals surface area (Å²) in [6.45, 7) is 0.600. The van der Waals surface area contributed by atoms with Crippen LogP contribution in [0.4, 0.5) is 5.82 Å². The first kappa shape index (κ1) is 11.1. The molecule has 0 aromatic carbocycles. The van der Waals surface area contributed by atoms with Crippen molar-refractivity contribution >= 4 is 16.9 Å². The van der Waals surface area contributed by atoms with Gasteiger partial charge >= 0.3 is 0 Å². The second-order valence-corrected chi connectivity index (χ2v) is 4.61. The first-order valence-electron chi connectivity index (χ1n) is 6.22. The SMILES string of the molecule is Nc1nc2c(c3c1ncn3CC=CO)CCCC2. The van der Waals surface area contributed by atoms with Gasteiger partial charge < -0.3 is 15.4 Å². The van der Waals surface area contributed by atoms with Crippen molar-refractivity contribution in [3.05, 3.63) is 29.9 Å². The number of nitrogens with zero attached hydrogens (tertiary/aromatic N) is 3. The maximum Gasteiger partial charge on any atom is 0.151 e. The minimum atomic E-state index is 0.511. The van der Waals surface area contributed by atoms with Crippen molar-refractivity contribution in [3.8, 4) is 0 Å². The van der Waals surface area contributed by atoms with E-state index in [1.165, 1.54) is 18.4 Å². The summed E-state index contributed by atoms with van der Waals surface area (Å²) in [7, 11) is 0. The fourth-order valence-electron chi connectivity index (χ4n) is 2.65. The summed E-state index contributed by atoms with van der Waals surface area (Å²) < 4.78 is 2.02. The molecule has 5 heteroatoms. The predicted molar refractivity (Wildman–Crippen MR) is 70.4 cm³/mol. The van der Waals surface area contributed by atoms with Crippen molar-refractivity contribution in [1.29, 1.82) is 0 Å². The number of allylic oxidation sites excluding steroid dienone is 1. The highest BCUT2D eigenvalue weighted by Crippen LogP contribution is 2.30. The Labute approximate surface area is 105 Å². The van der Waals surface area contributed by atoms with E-state index in [0.717, 1.165) is 35.8 Å². The second-order valence-electron chi connectivity index (χ2n) is 4.61. The van der Waals surface area contributed by atoms with Gasteiger partial charge in [-0.2, -0.15) is 0 Å². The Balaban J connectivity index is 2.23. The van der Waals surface area contributed by atoms with Crippen molar-refractivity contribution < 1.29 is 5.11 Å². The highest BCUT2D eigenvalue weighted by molar-refractivity contribution is 5.88. The molecule has 0 amide bonds. The monoisotopic (exact) mass is 244 g/mol. The van der Waals surface area contributed by atoms with E-state index >= 15 is 0 Å². The zero-order chi connectivity index (χ0) is 12.5. The Morgan fingerprint density at radius 3 is 3.06 bits per heavy atom. The lowest BCUT2D eigenvalue weighted by Crippen LogP contribution is -2.10. The molecule has 3 N–H and O–H groups in total. The van der Waals surface area contributed by atoms with E-state index in [4.69, 9.17) is 10.8 Å². The van der Waals surface area contributed by atoms with E-state index in [1.807, 2.05) is 4.57 Å². The van der Waals surface area contributed by atoms with Gasteiger partial charge in [0.15, 0.2) is 5.82 Å². The Hall–Kier alpha value is -2.04. The van der Waals surface area contributed by atoms with E-state index < -0.39 is 0 Å². The largest absolute Gasteiger partial charge is 0.516 e. The molecule has 0 spiro atoms. The number of pyridine rings is 1. The minimum absolute atomic E-state index is 0.511. The number of rotatable bonds is 2. The van der Waals surface area contributed by atoms with Gasteiger partial charge in [0.25, 0.3) is 0 Å². The Morgan fingerprint density at radius 1 is 1.39 bits per heavy atom. The molecule has 0 aliphatic heterocycles. The summed E-state index contributed by atoms with van der Waals surface area (Å²) in [5, 5.41) is 8.78. The summed E-state index contributed by atoms with van der Waals surface area (Å²) in [5.41, 5.74) is 10.2. The third-order valence-electron chi connectivity index (χ3n) is 3.47. The molecular weight excluding hydrogens is 228 g/mol. The van der Waals surface area contributed by atoms with E-state index in [-0.39, 0.29) is 0 Å². The number of aliphatic hydroxyl groups excluding tert-OH is 1. The van der Waals surface area contributed by atoms with Crippen molar-refractivity contribution in [3.63, 3.8) is 0 Å². The number of hydrogen-bond donors (Lipinski definition) is 2. The molecule has 0 atom stereocenters. The van der Waals surface area contributed by atoms with Gasteiger partial charge in [0.2, 0.25) is 0 Å². The zero-order valence-electron chi connectivity index (χ0n) is 10.1. The van der Waals surface area contributed by atoms with Crippen LogP contribution in [0.1, 0.15) is 24.1 Å². The van der Waals surface area contributed by atoms with Crippen LogP contribution in [0.25, 0.3) is 11.0 Å². The fraction of sp³-hybridized carbons (Fsp3) is 0.385. The van der Waals surface area contributed by atoms with Gasteiger partial charge in [-0.3, -0.25) is 0 Å². The molecular formula is C13H16N4O. The lowest BCUT2D eigenvalue weighted by molar-refractivity contribution is 0.469. The van der Waals surface area contributed by atoms with Gasteiger partial charge in [-0.25, -0.2) is 9.97 Å². The average Bonchev–Trinajstić information content (AvgIpc) is 2.81. The molecule has 2 aromatic heterocycles. The van der Waals surface area contributed by atoms with Crippen LogP contribution in [0, 0.1) is 0 Å². The van der Waals surface area contributed by atoms with E-state index in [2.05, 4.69) is 9.97 Å². The molecule has 0 saturated carbocycles. The predicted octanol–water partition coefficient (Wildman–Crippen LogP) is 1.96. The van der Waals surface area contributed by atoms with Crippen LogP contribution in [-0.2, 0) is 19.4 Å². The van der Waals surface area contributed by atoms with E-state index in [0.29, 0.717) is 12.4 Å². The zero-order valence-corrected chi connectivity index (χ0v) is 10.1. The molecule has 0 radical (unpaired) electrons. The van der Waals surface area contributed by atoms with Crippen LogP contribution in [0.3, 0.4) is 0 Å². The van der Waals surface area contributed by atoms with Gasteiger partial charge in [0.1, 0.15) is 5.52 Å². The first-order chi connectivity index (χ1) is 8.81. The summed E-state index contributed by atoms with van der Waals surface area (Å²) >= 11 is 0. The number of anilines is 1. The lowest BCUT2D eigenvalue weighted by Gasteiger charge is -2.17. The number of fused-ring (bicyclic) bond motifs is 3. The molecule has 0 unspecified atom stereocenters. The Bertz CT molecular complexity index is 615. The topological polar surface area (TPSA) is 77.0 Å². The summed E-state index contributed by atoms with van der Waals surface area (Å²) in [6.07, 6.45) is 8.90. The summed E-state index contributed by atoms with van der Waals surface area (Å²) in [5.74, 6) is 0.511. The van der Waals surface area contributed by atoms with Crippen molar-refractivity contribution in [1.82, 2.24) is 14.5 Å². The van der Waals surface area contributed by atoms with Gasteiger partial charge in [-0.15, -0.1) is 0 Å². The number of nitrogen functional groups attached to an aromatic ring is 1. The molecule has 3 rings (SSSR count). The Morgan fingerprint density at radius 2 is 2.22 bits per heavy atom. The number of imidazole rings is 1. The maximum atomic E-state index is 8.78. The van der Waals surface area contributed by atoms with Gasteiger partial charge in [0.05, 0.1) is 18.1 Å². The molecule has 5 nitrogen and oxygen atoms in total. The quantitative estimate of drug-likeness (QED) is 0.792. The van der Waals surface area contributed by atoms with Crippen LogP contribution in [0.5, 0.6) is 0 Å². The molecule has 2 aromatic rings. The van der Waals surface area contributed by atoms with Crippen LogP contribution < -0.4 is 5.73 Å². The van der Waals surface area contributed by atoms with E-state index in [9.17, 15) is 0 Å². The highest BCUT2D eigenvalue weighted by Gasteiger charge is 2.19. The fourth-order valence-corrected chi connectivity index (χ4v) is 2.65. The average molecular weight is 244 g/mol. The first-order valence-corrected chi connectivity index (χ1v) is 6.22. The Kier molecular flexibility index (Phi) is 2.66. The normalized spacial score (nSPS) is 15.3. The van der Waals surface area contributed by atoms with Crippen LogP contribution in [0.15, 0.2) is 18.7 Å². The van der Waals surface area contributed by atoms with Crippen molar-refractivity contribution in [2.45, 2.75) is 32.2 Å². The number of nitrogens with two attached hydrogens (primary N) is 1. The van der Waals surface area contributed by atoms with Gasteiger partial charge in [-0.1, -0.05) is 0 Å². The molecule has 18 heavy (non-hydrogen) atoms. The second kappa shape index (κ2) is 4.33. The molecule has 94 valence electrons. The summed E-state index contributed by atoms with van der Waals surface area (Å²) in [4.78, 5) is 8.81. The smallest absolute Gasteiger partial charge is 0.151 e. The molecule has 0 bridgehead atoms. The van der Waals surface area contributed by atoms with Crippen LogP contribution >= 0.6 is 0 Å². The van der Waals surface area contributed by atoms with Crippen LogP contribution in [-0.4, -0.2) is 19.6 Å². The molecule has 0 fully saturated rings.